The number of benzene rings is 11. The summed E-state index contributed by atoms with van der Waals surface area (Å²) < 4.78 is 30.2. The fourth-order valence-electron chi connectivity index (χ4n) is 19.0. The fraction of sp³-hybridized carbons (Fsp3) is 0.464. The van der Waals surface area contributed by atoms with Crippen molar-refractivity contribution in [1.82, 2.24) is 9.80 Å². The maximum atomic E-state index is 16.4. The molecule has 0 spiro atoms. The van der Waals surface area contributed by atoms with Gasteiger partial charge in [0.25, 0.3) is 23.6 Å². The van der Waals surface area contributed by atoms with E-state index in [1.807, 2.05) is 147 Å². The van der Waals surface area contributed by atoms with Gasteiger partial charge in [-0.1, -0.05) is 368 Å². The van der Waals surface area contributed by atoms with Gasteiger partial charge in [0.15, 0.2) is 0 Å². The van der Waals surface area contributed by atoms with Crippen molar-refractivity contribution in [3.8, 4) is 46.0 Å². The molecule has 644 valence electrons. The summed E-state index contributed by atoms with van der Waals surface area (Å²) >= 11 is 0. The van der Waals surface area contributed by atoms with Crippen LogP contribution in [0, 0.1) is 0 Å². The molecule has 2 atom stereocenters. The minimum atomic E-state index is -0.690. The lowest BCUT2D eigenvalue weighted by Crippen LogP contribution is -2.42. The molecule has 2 aliphatic rings. The van der Waals surface area contributed by atoms with E-state index in [1.54, 1.807) is 0 Å². The van der Waals surface area contributed by atoms with Crippen LogP contribution in [0.2, 0.25) is 0 Å². The molecule has 10 nitrogen and oxygen atoms in total. The topological polar surface area (TPSA) is 112 Å². The number of ether oxygens (including phenoxy) is 4. The molecule has 0 aliphatic carbocycles. The van der Waals surface area contributed by atoms with Gasteiger partial charge in [-0.3, -0.25) is 29.0 Å². The number of aryl methyl sites for hydroxylation is 4. The lowest BCUT2D eigenvalue weighted by Gasteiger charge is -2.35. The van der Waals surface area contributed by atoms with Crippen molar-refractivity contribution in [3.63, 3.8) is 0 Å². The number of carbonyl (C=O) groups excluding carboxylic acids is 4. The molecule has 0 fully saturated rings. The summed E-state index contributed by atoms with van der Waals surface area (Å²) in [5.74, 6) is 1.43. The Kier molecular flexibility index (Phi) is 34.4. The van der Waals surface area contributed by atoms with Crippen LogP contribution in [0.15, 0.2) is 182 Å². The maximum absolute atomic E-state index is 16.4. The molecule has 0 aromatic heterocycles. The smallest absolute Gasteiger partial charge is 0.262 e. The van der Waals surface area contributed by atoms with E-state index in [0.717, 1.165) is 88.2 Å². The number of fused-ring (bicyclic) bond motifs is 2. The third-order valence-electron chi connectivity index (χ3n) is 26.2. The van der Waals surface area contributed by atoms with Crippen molar-refractivity contribution in [3.05, 3.63) is 238 Å². The Morgan fingerprint density at radius 3 is 0.607 bits per heavy atom. The molecule has 11 aromatic carbocycles. The average Bonchev–Trinajstić information content (AvgIpc) is 0.670. The highest BCUT2D eigenvalue weighted by Crippen LogP contribution is 2.59. The molecule has 2 unspecified atom stereocenters. The number of nitrogens with zero attached hydrogens (tertiary/aromatic N) is 2. The lowest BCUT2D eigenvalue weighted by atomic mass is 9.80. The van der Waals surface area contributed by atoms with Crippen LogP contribution in [-0.4, -0.2) is 33.4 Å². The summed E-state index contributed by atoms with van der Waals surface area (Å²) in [6.07, 6.45) is 54.0. The Balaban J connectivity index is 0.994. The Labute approximate surface area is 730 Å². The highest BCUT2D eigenvalue weighted by atomic mass is 16.5. The Morgan fingerprint density at radius 1 is 0.221 bits per heavy atom. The maximum Gasteiger partial charge on any atom is 0.262 e. The van der Waals surface area contributed by atoms with Gasteiger partial charge in [-0.05, 0) is 171 Å². The molecule has 0 saturated carbocycles. The number of carbonyl (C=O) groups is 4. The molecule has 122 heavy (non-hydrogen) atoms. The van der Waals surface area contributed by atoms with Crippen LogP contribution in [0.1, 0.15) is 385 Å². The van der Waals surface area contributed by atoms with Crippen LogP contribution < -0.4 is 18.9 Å². The normalized spacial score (nSPS) is 13.3. The van der Waals surface area contributed by atoms with Gasteiger partial charge in [0, 0.05) is 43.1 Å². The Bertz CT molecular complexity index is 4540. The van der Waals surface area contributed by atoms with Crippen molar-refractivity contribution >= 4 is 66.7 Å². The zero-order valence-corrected chi connectivity index (χ0v) is 74.7. The van der Waals surface area contributed by atoms with E-state index in [9.17, 15) is 0 Å². The molecule has 0 saturated heterocycles. The highest BCUT2D eigenvalue weighted by molar-refractivity contribution is 6.45. The predicted molar refractivity (Wildman–Crippen MR) is 507 cm³/mol. The van der Waals surface area contributed by atoms with Gasteiger partial charge in [0.2, 0.25) is 0 Å². The van der Waals surface area contributed by atoms with E-state index < -0.39 is 35.7 Å². The van der Waals surface area contributed by atoms with Crippen LogP contribution in [0.5, 0.6) is 46.0 Å². The average molecular weight is 1640 g/mol. The third-order valence-corrected chi connectivity index (χ3v) is 26.2. The summed E-state index contributed by atoms with van der Waals surface area (Å²) in [5.41, 5.74) is 7.46. The first-order chi connectivity index (χ1) is 60.0. The van der Waals surface area contributed by atoms with Gasteiger partial charge in [0.1, 0.15) is 46.0 Å². The standard InChI is InChI=1S/C112H138N2O8/c1-7-11-15-19-23-27-31-35-39-45-53-83-61-69-89(70-62-83)119-97-77-93-101-94(110(116)113(109(93)115)81(5)87-57-49-43-50-58-87)79-99(121-91-73-65-85(66-74-91)55-47-41-37-33-29-25-21-17-13-9-3)105-106-100(122-92-75-67-86(68-76-92)56-48-42-38-34-30-26-22-18-14-10-4)80-96-102-95(111(117)114(112(96)118)82(6)88-59-51-44-52-60-88)78-98(104(108(102)106)103(97)107(101)105)120-90-71-63-84(64-72-90)54-46-40-36-32-28-24-20-16-12-8-2/h43-44,49-52,57-82H,7-42,45-48,53-56H2,1-6H3. The van der Waals surface area contributed by atoms with Gasteiger partial charge < -0.3 is 18.9 Å². The second-order valence-electron chi connectivity index (χ2n) is 35.5. The number of hydrogen-bond acceptors (Lipinski definition) is 8. The number of amides is 4. The number of imide groups is 2. The molecule has 13 rings (SSSR count). The molecule has 0 N–H and O–H groups in total. The van der Waals surface area contributed by atoms with E-state index in [1.165, 1.54) is 238 Å². The van der Waals surface area contributed by atoms with E-state index in [2.05, 4.69) is 76.2 Å². The van der Waals surface area contributed by atoms with Crippen LogP contribution in [-0.2, 0) is 25.7 Å². The van der Waals surface area contributed by atoms with Crippen molar-refractivity contribution in [2.45, 2.75) is 336 Å². The second-order valence-corrected chi connectivity index (χ2v) is 35.5. The van der Waals surface area contributed by atoms with Gasteiger partial charge in [-0.2, -0.15) is 0 Å². The molecule has 11 aromatic rings. The number of rotatable bonds is 56. The highest BCUT2D eigenvalue weighted by Gasteiger charge is 2.44. The van der Waals surface area contributed by atoms with Gasteiger partial charge >= 0.3 is 0 Å². The molecule has 0 radical (unpaired) electrons. The largest absolute Gasteiger partial charge is 0.457 e. The van der Waals surface area contributed by atoms with Crippen molar-refractivity contribution in [2.75, 3.05) is 0 Å². The van der Waals surface area contributed by atoms with Crippen LogP contribution in [0.4, 0.5) is 0 Å². The van der Waals surface area contributed by atoms with Gasteiger partial charge in [-0.15, -0.1) is 0 Å². The van der Waals surface area contributed by atoms with Gasteiger partial charge in [0.05, 0.1) is 34.3 Å². The van der Waals surface area contributed by atoms with E-state index in [4.69, 9.17) is 18.9 Å². The van der Waals surface area contributed by atoms with Gasteiger partial charge in [-0.25, -0.2) is 0 Å². The second kappa shape index (κ2) is 46.6. The third kappa shape index (κ3) is 23.2. The van der Waals surface area contributed by atoms with Crippen LogP contribution in [0.25, 0.3) is 43.1 Å². The van der Waals surface area contributed by atoms with Crippen molar-refractivity contribution in [1.29, 1.82) is 0 Å². The SMILES string of the molecule is CCCCCCCCCCCCc1ccc(Oc2cc3c4c(cc(Oc5ccc(CCCCCCCCCCCC)cc5)c5c6c(Oc7ccc(CCCCCCCCCCCC)cc7)cc7c8c(cc(Oc9ccc(CCCCCCCCCCCC)cc9)c(c2c45)c86)C(=O)N(C(C)c2ccccc2)C7=O)C(=O)N(C(C)c2ccccc2)C3=O)cc1. The minimum absolute atomic E-state index is 0.267. The minimum Gasteiger partial charge on any atom is -0.457 e. The zero-order valence-electron chi connectivity index (χ0n) is 74.7. The summed E-state index contributed by atoms with van der Waals surface area (Å²) in [7, 11) is 0. The fourth-order valence-corrected chi connectivity index (χ4v) is 19.0. The Hall–Kier alpha value is -9.80. The number of hydrogen-bond donors (Lipinski definition) is 0. The van der Waals surface area contributed by atoms with E-state index >= 15 is 19.2 Å². The molecule has 4 amide bonds. The van der Waals surface area contributed by atoms with Crippen molar-refractivity contribution < 1.29 is 38.1 Å². The lowest BCUT2D eigenvalue weighted by molar-refractivity contribution is 0.0533. The molecule has 0 bridgehead atoms. The summed E-state index contributed by atoms with van der Waals surface area (Å²) in [6, 6.07) is 58.6. The zero-order chi connectivity index (χ0) is 84.8. The first-order valence-corrected chi connectivity index (χ1v) is 48.3. The quantitative estimate of drug-likeness (QED) is 0.0160. The molecule has 2 aliphatic heterocycles. The predicted octanol–water partition coefficient (Wildman–Crippen LogP) is 33.5. The summed E-state index contributed by atoms with van der Waals surface area (Å²) in [4.78, 5) is 68.2. The summed E-state index contributed by atoms with van der Waals surface area (Å²) in [5, 5.41) is 3.85. The number of unbranched alkanes of at least 4 members (excludes halogenated alkanes) is 36. The van der Waals surface area contributed by atoms with E-state index in [-0.39, 0.29) is 22.3 Å². The Morgan fingerprint density at radius 2 is 0.410 bits per heavy atom. The molecule has 10 heteroatoms. The van der Waals surface area contributed by atoms with Crippen LogP contribution in [0.3, 0.4) is 0 Å². The monoisotopic (exact) mass is 1640 g/mol. The van der Waals surface area contributed by atoms with E-state index in [0.29, 0.717) is 89.1 Å². The van der Waals surface area contributed by atoms with Crippen molar-refractivity contribution in [2.24, 2.45) is 0 Å². The molecular formula is C112H138N2O8. The molecule has 2 heterocycles. The first-order valence-electron chi connectivity index (χ1n) is 48.3. The van der Waals surface area contributed by atoms with Crippen LogP contribution >= 0.6 is 0 Å². The molecular weight excluding hydrogens is 1500 g/mol. The summed E-state index contributed by atoms with van der Waals surface area (Å²) in [6.45, 7) is 12.9. The first kappa shape index (κ1) is 89.9.